The number of nitrogens with zero attached hydrogens (tertiary/aromatic N) is 4. The predicted octanol–water partition coefficient (Wildman–Crippen LogP) is 1.87. The van der Waals surface area contributed by atoms with Gasteiger partial charge >= 0.3 is 0 Å². The molecular formula is C10H13N5S2. The number of thioether (sulfide) groups is 1. The smallest absolute Gasteiger partial charge is 0.208 e. The van der Waals surface area contributed by atoms with E-state index in [-0.39, 0.29) is 0 Å². The average Bonchev–Trinajstić information content (AvgIpc) is 2.75. The lowest BCUT2D eigenvalue weighted by Gasteiger charge is -2.03. The van der Waals surface area contributed by atoms with Crippen LogP contribution >= 0.6 is 23.1 Å². The van der Waals surface area contributed by atoms with Crippen LogP contribution in [0.15, 0.2) is 22.7 Å². The van der Waals surface area contributed by atoms with Gasteiger partial charge < -0.3 is 10.6 Å². The van der Waals surface area contributed by atoms with E-state index in [4.69, 9.17) is 5.73 Å². The van der Waals surface area contributed by atoms with E-state index >= 15 is 0 Å². The minimum Gasteiger partial charge on any atom is -0.399 e. The van der Waals surface area contributed by atoms with Crippen LogP contribution in [-0.2, 0) is 5.75 Å². The van der Waals surface area contributed by atoms with Gasteiger partial charge in [-0.05, 0) is 12.1 Å². The third kappa shape index (κ3) is 3.31. The molecule has 0 aliphatic heterocycles. The first-order valence-electron chi connectivity index (χ1n) is 4.99. The van der Waals surface area contributed by atoms with Crippen LogP contribution in [0, 0.1) is 0 Å². The summed E-state index contributed by atoms with van der Waals surface area (Å²) in [4.78, 5) is 6.19. The Hall–Kier alpha value is -1.34. The highest BCUT2D eigenvalue weighted by molar-refractivity contribution is 8.00. The molecule has 0 aliphatic rings. The number of nitrogen functional groups attached to an aromatic ring is 1. The molecule has 0 unspecified atom stereocenters. The summed E-state index contributed by atoms with van der Waals surface area (Å²) in [6.07, 6.45) is 1.72. The van der Waals surface area contributed by atoms with Crippen molar-refractivity contribution < 1.29 is 0 Å². The molecule has 0 spiro atoms. The van der Waals surface area contributed by atoms with Crippen LogP contribution in [-0.4, -0.2) is 29.3 Å². The van der Waals surface area contributed by atoms with Crippen LogP contribution in [0.25, 0.3) is 0 Å². The highest BCUT2D eigenvalue weighted by Gasteiger charge is 2.06. The molecule has 0 fully saturated rings. The molecule has 0 aromatic carbocycles. The third-order valence-electron chi connectivity index (χ3n) is 1.96. The molecule has 0 aliphatic carbocycles. The minimum absolute atomic E-state index is 0.738. The first-order chi connectivity index (χ1) is 8.15. The maximum Gasteiger partial charge on any atom is 0.208 e. The molecule has 17 heavy (non-hydrogen) atoms. The van der Waals surface area contributed by atoms with Gasteiger partial charge in [0.25, 0.3) is 0 Å². The summed E-state index contributed by atoms with van der Waals surface area (Å²) in [5.41, 5.74) is 7.38. The standard InChI is InChI=1S/C10H13N5S2/c1-15(2)9-13-14-10(17-9)16-6-8-5-7(11)3-4-12-8/h3-5H,6H2,1-2H3,(H2,11,12). The van der Waals surface area contributed by atoms with Gasteiger partial charge in [0.1, 0.15) is 0 Å². The van der Waals surface area contributed by atoms with Gasteiger partial charge in [0, 0.05) is 31.7 Å². The van der Waals surface area contributed by atoms with Gasteiger partial charge in [0.05, 0.1) is 5.69 Å². The summed E-state index contributed by atoms with van der Waals surface area (Å²) in [5.74, 6) is 0.757. The average molecular weight is 267 g/mol. The van der Waals surface area contributed by atoms with E-state index in [1.54, 1.807) is 35.4 Å². The van der Waals surface area contributed by atoms with Crippen LogP contribution in [0.2, 0.25) is 0 Å². The lowest BCUT2D eigenvalue weighted by atomic mass is 10.3. The van der Waals surface area contributed by atoms with Crippen LogP contribution in [0.4, 0.5) is 10.8 Å². The predicted molar refractivity (Wildman–Crippen MR) is 72.4 cm³/mol. The summed E-state index contributed by atoms with van der Waals surface area (Å²) >= 11 is 3.19. The number of aromatic nitrogens is 3. The summed E-state index contributed by atoms with van der Waals surface area (Å²) in [6.45, 7) is 0. The zero-order valence-electron chi connectivity index (χ0n) is 9.62. The van der Waals surface area contributed by atoms with Gasteiger partial charge in [-0.3, -0.25) is 4.98 Å². The van der Waals surface area contributed by atoms with Gasteiger partial charge in [-0.15, -0.1) is 10.2 Å². The second kappa shape index (κ2) is 5.33. The maximum absolute atomic E-state index is 5.69. The molecule has 0 atom stereocenters. The Kier molecular flexibility index (Phi) is 3.80. The number of hydrogen-bond acceptors (Lipinski definition) is 7. The van der Waals surface area contributed by atoms with E-state index in [1.807, 2.05) is 25.1 Å². The largest absolute Gasteiger partial charge is 0.399 e. The summed E-state index contributed by atoms with van der Waals surface area (Å²) in [7, 11) is 3.91. The first-order valence-corrected chi connectivity index (χ1v) is 6.79. The lowest BCUT2D eigenvalue weighted by Crippen LogP contribution is -2.07. The van der Waals surface area contributed by atoms with E-state index in [9.17, 15) is 0 Å². The maximum atomic E-state index is 5.69. The molecule has 5 nitrogen and oxygen atoms in total. The molecule has 2 aromatic rings. The molecule has 0 saturated heterocycles. The molecule has 0 radical (unpaired) electrons. The van der Waals surface area contributed by atoms with Crippen molar-refractivity contribution in [1.82, 2.24) is 15.2 Å². The topological polar surface area (TPSA) is 67.9 Å². The third-order valence-corrected chi connectivity index (χ3v) is 4.22. The van der Waals surface area contributed by atoms with E-state index in [0.29, 0.717) is 0 Å². The first kappa shape index (κ1) is 12.1. The van der Waals surface area contributed by atoms with Crippen molar-refractivity contribution in [2.45, 2.75) is 10.1 Å². The molecular weight excluding hydrogens is 254 g/mol. The molecule has 2 aromatic heterocycles. The van der Waals surface area contributed by atoms with Crippen LogP contribution in [0.5, 0.6) is 0 Å². The molecule has 90 valence electrons. The van der Waals surface area contributed by atoms with Crippen LogP contribution in [0.1, 0.15) is 5.69 Å². The number of hydrogen-bond donors (Lipinski definition) is 1. The van der Waals surface area contributed by atoms with Crippen molar-refractivity contribution >= 4 is 33.9 Å². The molecule has 2 heterocycles. The summed E-state index contributed by atoms with van der Waals surface area (Å²) < 4.78 is 0.943. The van der Waals surface area contributed by atoms with Crippen LogP contribution < -0.4 is 10.6 Å². The summed E-state index contributed by atoms with van der Waals surface area (Å²) in [6, 6.07) is 3.66. The van der Waals surface area contributed by atoms with E-state index in [2.05, 4.69) is 15.2 Å². The van der Waals surface area contributed by atoms with E-state index in [0.717, 1.165) is 26.6 Å². The molecule has 7 heteroatoms. The van der Waals surface area contributed by atoms with Gasteiger partial charge in [-0.2, -0.15) is 0 Å². The highest BCUT2D eigenvalue weighted by Crippen LogP contribution is 2.28. The molecule has 2 rings (SSSR count). The van der Waals surface area contributed by atoms with Crippen molar-refractivity contribution in [3.63, 3.8) is 0 Å². The molecule has 2 N–H and O–H groups in total. The fourth-order valence-electron chi connectivity index (χ4n) is 1.15. The van der Waals surface area contributed by atoms with Crippen molar-refractivity contribution in [1.29, 1.82) is 0 Å². The Labute approximate surface area is 108 Å². The fraction of sp³-hybridized carbons (Fsp3) is 0.300. The van der Waals surface area contributed by atoms with Crippen molar-refractivity contribution in [2.24, 2.45) is 0 Å². The van der Waals surface area contributed by atoms with Crippen molar-refractivity contribution in [3.05, 3.63) is 24.0 Å². The summed E-state index contributed by atoms with van der Waals surface area (Å²) in [5, 5.41) is 9.09. The Morgan fingerprint density at radius 1 is 1.41 bits per heavy atom. The number of pyridine rings is 1. The Balaban J connectivity index is 1.97. The van der Waals surface area contributed by atoms with E-state index in [1.165, 1.54) is 0 Å². The SMILES string of the molecule is CN(C)c1nnc(SCc2cc(N)ccn2)s1. The molecule has 0 amide bonds. The Morgan fingerprint density at radius 2 is 2.24 bits per heavy atom. The van der Waals surface area contributed by atoms with Gasteiger partial charge in [0.15, 0.2) is 4.34 Å². The van der Waals surface area contributed by atoms with Crippen molar-refractivity contribution in [2.75, 3.05) is 24.7 Å². The van der Waals surface area contributed by atoms with E-state index < -0.39 is 0 Å². The minimum atomic E-state index is 0.738. The molecule has 0 bridgehead atoms. The van der Waals surface area contributed by atoms with Gasteiger partial charge in [0.2, 0.25) is 5.13 Å². The molecule has 0 saturated carbocycles. The Bertz CT molecular complexity index is 497. The Morgan fingerprint density at radius 3 is 2.88 bits per heavy atom. The van der Waals surface area contributed by atoms with Crippen molar-refractivity contribution in [3.8, 4) is 0 Å². The van der Waals surface area contributed by atoms with Crippen LogP contribution in [0.3, 0.4) is 0 Å². The van der Waals surface area contributed by atoms with Gasteiger partial charge in [-0.1, -0.05) is 23.1 Å². The number of anilines is 2. The second-order valence-electron chi connectivity index (χ2n) is 3.61. The second-order valence-corrected chi connectivity index (χ2v) is 5.79. The zero-order valence-corrected chi connectivity index (χ0v) is 11.3. The highest BCUT2D eigenvalue weighted by atomic mass is 32.2. The normalized spacial score (nSPS) is 10.5. The number of rotatable bonds is 4. The quantitative estimate of drug-likeness (QED) is 0.853. The fourth-order valence-corrected chi connectivity index (χ4v) is 2.82. The monoisotopic (exact) mass is 267 g/mol. The van der Waals surface area contributed by atoms with Gasteiger partial charge in [-0.25, -0.2) is 0 Å². The number of nitrogens with two attached hydrogens (primary N) is 1. The zero-order chi connectivity index (χ0) is 12.3. The lowest BCUT2D eigenvalue weighted by molar-refractivity contribution is 0.972.